The highest BCUT2D eigenvalue weighted by Gasteiger charge is 2.39. The average Bonchev–Trinajstić information content (AvgIpc) is 2.35. The van der Waals surface area contributed by atoms with Gasteiger partial charge in [-0.3, -0.25) is 0 Å². The molecular weight excluding hydrogens is 224 g/mol. The molecule has 0 atom stereocenters. The van der Waals surface area contributed by atoms with E-state index in [0.717, 1.165) is 24.8 Å². The number of fused-ring (bicyclic) bond motifs is 1. The van der Waals surface area contributed by atoms with Gasteiger partial charge in [-0.25, -0.2) is 4.79 Å². The Morgan fingerprint density at radius 2 is 1.61 bits per heavy atom. The van der Waals surface area contributed by atoms with Gasteiger partial charge in [-0.05, 0) is 37.3 Å². The predicted molar refractivity (Wildman–Crippen MR) is 70.6 cm³/mol. The first-order valence-electron chi connectivity index (χ1n) is 7.10. The molecule has 3 rings (SSSR count). The van der Waals surface area contributed by atoms with Crippen molar-refractivity contribution < 1.29 is 9.53 Å². The predicted octanol–water partition coefficient (Wildman–Crippen LogP) is 3.88. The van der Waals surface area contributed by atoms with Crippen LogP contribution < -0.4 is 0 Å². The number of benzene rings is 1. The van der Waals surface area contributed by atoms with Crippen molar-refractivity contribution in [2.45, 2.75) is 57.0 Å². The lowest BCUT2D eigenvalue weighted by molar-refractivity contribution is -0.0378. The van der Waals surface area contributed by atoms with Gasteiger partial charge in [0, 0.05) is 6.42 Å². The molecule has 0 bridgehead atoms. The molecule has 2 nitrogen and oxygen atoms in total. The number of hydrogen-bond donors (Lipinski definition) is 0. The minimum absolute atomic E-state index is 0.113. The summed E-state index contributed by atoms with van der Waals surface area (Å²) in [5, 5.41) is 0. The van der Waals surface area contributed by atoms with Crippen LogP contribution in [0.2, 0.25) is 0 Å². The Morgan fingerprint density at radius 3 is 2.39 bits per heavy atom. The quantitative estimate of drug-likeness (QED) is 0.647. The Kier molecular flexibility index (Phi) is 3.11. The fourth-order valence-corrected chi connectivity index (χ4v) is 3.34. The fraction of sp³-hybridized carbons (Fsp3) is 0.562. The fourth-order valence-electron chi connectivity index (χ4n) is 3.34. The molecule has 0 N–H and O–H groups in total. The van der Waals surface area contributed by atoms with Gasteiger partial charge in [0.25, 0.3) is 0 Å². The van der Waals surface area contributed by atoms with Crippen molar-refractivity contribution >= 4 is 5.97 Å². The van der Waals surface area contributed by atoms with E-state index in [9.17, 15) is 4.79 Å². The molecule has 96 valence electrons. The average molecular weight is 244 g/mol. The Morgan fingerprint density at radius 1 is 0.944 bits per heavy atom. The van der Waals surface area contributed by atoms with Crippen molar-refractivity contribution in [1.82, 2.24) is 0 Å². The molecule has 1 fully saturated rings. The monoisotopic (exact) mass is 244 g/mol. The van der Waals surface area contributed by atoms with Crippen LogP contribution in [0.15, 0.2) is 24.3 Å². The molecule has 2 heteroatoms. The lowest BCUT2D eigenvalue weighted by atomic mass is 9.79. The van der Waals surface area contributed by atoms with Gasteiger partial charge in [0.15, 0.2) is 0 Å². The van der Waals surface area contributed by atoms with E-state index in [4.69, 9.17) is 4.74 Å². The third kappa shape index (κ3) is 2.16. The Bertz CT molecular complexity index is 442. The number of carbonyl (C=O) groups is 1. The zero-order valence-electron chi connectivity index (χ0n) is 10.8. The van der Waals surface area contributed by atoms with Crippen molar-refractivity contribution in [3.8, 4) is 0 Å². The maximum Gasteiger partial charge on any atom is 0.338 e. The summed E-state index contributed by atoms with van der Waals surface area (Å²) in [6.45, 7) is 0. The highest BCUT2D eigenvalue weighted by atomic mass is 16.6. The van der Waals surface area contributed by atoms with Gasteiger partial charge in [-0.15, -0.1) is 0 Å². The first-order valence-corrected chi connectivity index (χ1v) is 7.10. The molecular formula is C16H20O2. The van der Waals surface area contributed by atoms with Crippen LogP contribution in [0.4, 0.5) is 0 Å². The highest BCUT2D eigenvalue weighted by molar-refractivity contribution is 5.92. The minimum Gasteiger partial charge on any atom is -0.455 e. The van der Waals surface area contributed by atoms with Crippen LogP contribution in [-0.2, 0) is 11.2 Å². The summed E-state index contributed by atoms with van der Waals surface area (Å²) in [7, 11) is 0. The zero-order valence-corrected chi connectivity index (χ0v) is 10.8. The standard InChI is InChI=1S/C16H20O2/c17-15-14-9-5-4-8-13(14)12-16(18-15)10-6-2-1-3-7-11-16/h4-5,8-9H,1-3,6-7,10-12H2. The Hall–Kier alpha value is -1.31. The van der Waals surface area contributed by atoms with E-state index < -0.39 is 0 Å². The first-order chi connectivity index (χ1) is 8.79. The van der Waals surface area contributed by atoms with Crippen molar-refractivity contribution in [3.63, 3.8) is 0 Å². The topological polar surface area (TPSA) is 26.3 Å². The smallest absolute Gasteiger partial charge is 0.338 e. The SMILES string of the molecule is O=C1OC2(CCCCCCC2)Cc2ccccc21. The summed E-state index contributed by atoms with van der Waals surface area (Å²) in [5.74, 6) is -0.113. The van der Waals surface area contributed by atoms with E-state index in [0.29, 0.717) is 0 Å². The Balaban J connectivity index is 1.89. The summed E-state index contributed by atoms with van der Waals surface area (Å²) in [6, 6.07) is 7.90. The molecule has 2 aliphatic rings. The first kappa shape index (κ1) is 11.8. The lowest BCUT2D eigenvalue weighted by Crippen LogP contribution is -2.42. The van der Waals surface area contributed by atoms with Crippen molar-refractivity contribution in [3.05, 3.63) is 35.4 Å². The van der Waals surface area contributed by atoms with E-state index in [1.54, 1.807) is 0 Å². The summed E-state index contributed by atoms with van der Waals surface area (Å²) in [6.07, 6.45) is 9.25. The molecule has 0 saturated heterocycles. The van der Waals surface area contributed by atoms with Crippen LogP contribution in [0.3, 0.4) is 0 Å². The third-order valence-electron chi connectivity index (χ3n) is 4.32. The molecule has 1 spiro atoms. The molecule has 1 saturated carbocycles. The van der Waals surface area contributed by atoms with Crippen molar-refractivity contribution in [2.24, 2.45) is 0 Å². The molecule has 0 radical (unpaired) electrons. The van der Waals surface area contributed by atoms with E-state index in [1.807, 2.05) is 18.2 Å². The number of esters is 1. The summed E-state index contributed by atoms with van der Waals surface area (Å²) in [5.41, 5.74) is 1.74. The van der Waals surface area contributed by atoms with Crippen LogP contribution in [-0.4, -0.2) is 11.6 Å². The molecule has 0 unspecified atom stereocenters. The number of rotatable bonds is 0. The molecule has 1 aromatic rings. The maximum atomic E-state index is 12.1. The second-order valence-corrected chi connectivity index (χ2v) is 5.67. The molecule has 0 amide bonds. The van der Waals surface area contributed by atoms with Crippen LogP contribution in [0.25, 0.3) is 0 Å². The third-order valence-corrected chi connectivity index (χ3v) is 4.32. The molecule has 18 heavy (non-hydrogen) atoms. The Labute approximate surface area is 108 Å². The van der Waals surface area contributed by atoms with Gasteiger partial charge in [0.1, 0.15) is 5.60 Å². The van der Waals surface area contributed by atoms with Crippen molar-refractivity contribution in [1.29, 1.82) is 0 Å². The summed E-state index contributed by atoms with van der Waals surface area (Å²) >= 11 is 0. The van der Waals surface area contributed by atoms with Crippen LogP contribution >= 0.6 is 0 Å². The minimum atomic E-state index is -0.203. The van der Waals surface area contributed by atoms with E-state index in [1.165, 1.54) is 37.7 Å². The summed E-state index contributed by atoms with van der Waals surface area (Å²) < 4.78 is 5.84. The van der Waals surface area contributed by atoms with Crippen molar-refractivity contribution in [2.75, 3.05) is 0 Å². The number of ether oxygens (including phenoxy) is 1. The van der Waals surface area contributed by atoms with E-state index in [2.05, 4.69) is 6.07 Å². The molecule has 1 aliphatic heterocycles. The zero-order chi connectivity index (χ0) is 12.4. The molecule has 1 aromatic carbocycles. The van der Waals surface area contributed by atoms with Gasteiger partial charge < -0.3 is 4.74 Å². The van der Waals surface area contributed by atoms with Gasteiger partial charge >= 0.3 is 5.97 Å². The second-order valence-electron chi connectivity index (χ2n) is 5.67. The molecule has 1 aliphatic carbocycles. The van der Waals surface area contributed by atoms with Crippen LogP contribution in [0, 0.1) is 0 Å². The molecule has 1 heterocycles. The van der Waals surface area contributed by atoms with Gasteiger partial charge in [-0.1, -0.05) is 37.5 Å². The molecule has 0 aromatic heterocycles. The van der Waals surface area contributed by atoms with Gasteiger partial charge in [0.2, 0.25) is 0 Å². The second kappa shape index (κ2) is 4.75. The highest BCUT2D eigenvalue weighted by Crippen LogP contribution is 2.37. The van der Waals surface area contributed by atoms with Crippen LogP contribution in [0.5, 0.6) is 0 Å². The van der Waals surface area contributed by atoms with E-state index >= 15 is 0 Å². The number of hydrogen-bond acceptors (Lipinski definition) is 2. The van der Waals surface area contributed by atoms with Crippen LogP contribution in [0.1, 0.15) is 60.9 Å². The normalized spacial score (nSPS) is 22.8. The summed E-state index contributed by atoms with van der Waals surface area (Å²) in [4.78, 5) is 12.1. The largest absolute Gasteiger partial charge is 0.455 e. The van der Waals surface area contributed by atoms with Gasteiger partial charge in [-0.2, -0.15) is 0 Å². The maximum absolute atomic E-state index is 12.1. The lowest BCUT2D eigenvalue weighted by Gasteiger charge is -2.38. The number of carbonyl (C=O) groups excluding carboxylic acids is 1. The van der Waals surface area contributed by atoms with Gasteiger partial charge in [0.05, 0.1) is 5.56 Å². The van der Waals surface area contributed by atoms with E-state index in [-0.39, 0.29) is 11.6 Å².